The highest BCUT2D eigenvalue weighted by atomic mass is 16.3. The first-order valence-corrected chi connectivity index (χ1v) is 11.8. The lowest BCUT2D eigenvalue weighted by Gasteiger charge is -2.24. The maximum atomic E-state index is 10.7. The van der Waals surface area contributed by atoms with Crippen LogP contribution in [-0.4, -0.2) is 21.0 Å². The summed E-state index contributed by atoms with van der Waals surface area (Å²) in [7, 11) is 0. The molecule has 1 N–H and O–H groups in total. The van der Waals surface area contributed by atoms with E-state index in [1.54, 1.807) is 6.07 Å². The highest BCUT2D eigenvalue weighted by molar-refractivity contribution is 5.97. The van der Waals surface area contributed by atoms with Crippen molar-refractivity contribution in [3.05, 3.63) is 102 Å². The van der Waals surface area contributed by atoms with Crippen LogP contribution in [-0.2, 0) is 5.54 Å². The van der Waals surface area contributed by atoms with Gasteiger partial charge in [-0.15, -0.1) is 0 Å². The second-order valence-electron chi connectivity index (χ2n) is 9.41. The summed E-state index contributed by atoms with van der Waals surface area (Å²) in [6.07, 6.45) is 1.87. The second-order valence-corrected chi connectivity index (χ2v) is 9.41. The van der Waals surface area contributed by atoms with Gasteiger partial charge < -0.3 is 14.6 Å². The normalized spacial score (nSPS) is 13.8. The van der Waals surface area contributed by atoms with Gasteiger partial charge in [0.05, 0.1) is 22.3 Å². The number of fused-ring (bicyclic) bond motifs is 5. The molecule has 0 atom stereocenters. The highest BCUT2D eigenvalue weighted by Crippen LogP contribution is 2.49. The minimum absolute atomic E-state index is 0.254. The molecule has 5 nitrogen and oxygen atoms in total. The summed E-state index contributed by atoms with van der Waals surface area (Å²) >= 11 is 0. The van der Waals surface area contributed by atoms with Gasteiger partial charge in [0, 0.05) is 11.4 Å². The average molecular weight is 459 g/mol. The molecular formula is C30H26N4O. The van der Waals surface area contributed by atoms with Crippen molar-refractivity contribution in [1.82, 2.24) is 9.55 Å². The molecule has 5 aromatic rings. The van der Waals surface area contributed by atoms with Gasteiger partial charge in [0.15, 0.2) is 0 Å². The highest BCUT2D eigenvalue weighted by Gasteiger charge is 2.39. The maximum Gasteiger partial charge on any atom is 0.146 e. The quantitative estimate of drug-likeness (QED) is 0.227. The van der Waals surface area contributed by atoms with E-state index in [4.69, 9.17) is 9.98 Å². The number of phenolic OH excluding ortho intramolecular Hbond substituents is 1. The van der Waals surface area contributed by atoms with Gasteiger partial charge in [-0.1, -0.05) is 54.6 Å². The van der Waals surface area contributed by atoms with Crippen LogP contribution in [0.4, 0.5) is 17.1 Å². The van der Waals surface area contributed by atoms with Gasteiger partial charge in [0.1, 0.15) is 23.4 Å². The van der Waals surface area contributed by atoms with Gasteiger partial charge in [-0.2, -0.15) is 0 Å². The van der Waals surface area contributed by atoms with Crippen LogP contribution in [0, 0.1) is 6.92 Å². The van der Waals surface area contributed by atoms with Crippen LogP contribution in [0.15, 0.2) is 96.0 Å². The first-order valence-electron chi connectivity index (χ1n) is 11.8. The smallest absolute Gasteiger partial charge is 0.146 e. The molecular weight excluding hydrogens is 432 g/mol. The Labute approximate surface area is 204 Å². The van der Waals surface area contributed by atoms with Crippen LogP contribution in [0.2, 0.25) is 0 Å². The van der Waals surface area contributed by atoms with Crippen molar-refractivity contribution in [2.45, 2.75) is 26.3 Å². The van der Waals surface area contributed by atoms with Crippen molar-refractivity contribution in [2.24, 2.45) is 4.99 Å². The molecule has 4 aromatic carbocycles. The van der Waals surface area contributed by atoms with Crippen molar-refractivity contribution in [3.63, 3.8) is 0 Å². The number of hydrogen-bond donors (Lipinski definition) is 1. The third-order valence-corrected chi connectivity index (χ3v) is 6.87. The Balaban J connectivity index is 1.51. The monoisotopic (exact) mass is 458 g/mol. The molecule has 0 bridgehead atoms. The first kappa shape index (κ1) is 21.2. The summed E-state index contributed by atoms with van der Waals surface area (Å²) in [5, 5.41) is 10.7. The largest absolute Gasteiger partial charge is 0.507 e. The fourth-order valence-electron chi connectivity index (χ4n) is 5.14. The molecule has 1 aromatic heterocycles. The van der Waals surface area contributed by atoms with E-state index >= 15 is 0 Å². The van der Waals surface area contributed by atoms with Crippen LogP contribution >= 0.6 is 0 Å². The number of imidazole rings is 1. The number of phenols is 1. The number of aromatic hydroxyl groups is 1. The van der Waals surface area contributed by atoms with Crippen LogP contribution in [0.25, 0.3) is 22.4 Å². The molecule has 2 heterocycles. The molecule has 172 valence electrons. The topological polar surface area (TPSA) is 53.7 Å². The average Bonchev–Trinajstić information content (AvgIpc) is 3.36. The van der Waals surface area contributed by atoms with Crippen molar-refractivity contribution >= 4 is 34.4 Å². The van der Waals surface area contributed by atoms with Crippen molar-refractivity contribution < 1.29 is 5.11 Å². The third-order valence-electron chi connectivity index (χ3n) is 6.87. The predicted octanol–water partition coefficient (Wildman–Crippen LogP) is 7.31. The summed E-state index contributed by atoms with van der Waals surface area (Å²) in [5.41, 5.74) is 7.41. The number of aliphatic imine (C=N–C) groups is 1. The molecule has 0 unspecified atom stereocenters. The molecule has 0 aliphatic carbocycles. The lowest BCUT2D eigenvalue weighted by molar-refractivity contribution is 0.467. The van der Waals surface area contributed by atoms with Crippen LogP contribution < -0.4 is 4.90 Å². The summed E-state index contributed by atoms with van der Waals surface area (Å²) in [4.78, 5) is 12.0. The Kier molecular flexibility index (Phi) is 4.74. The standard InChI is InChI=1S/C30H26N4O/c1-20-11-7-8-16-24(20)33(21-12-5-4-6-13-21)19-31-23-15-10-17-25-28(23)32-29-27-22(14-9-18-26(27)35)30(2,3)34(25)29/h4-19,35H,1-3H3. The Bertz CT molecular complexity index is 1600. The number of para-hydroxylation sites is 3. The van der Waals surface area contributed by atoms with Gasteiger partial charge in [0.25, 0.3) is 0 Å². The maximum absolute atomic E-state index is 10.7. The second kappa shape index (κ2) is 7.84. The molecule has 0 amide bonds. The van der Waals surface area contributed by atoms with E-state index in [-0.39, 0.29) is 11.3 Å². The van der Waals surface area contributed by atoms with Gasteiger partial charge in [-0.05, 0) is 68.3 Å². The zero-order valence-electron chi connectivity index (χ0n) is 20.0. The van der Waals surface area contributed by atoms with Crippen LogP contribution in [0.5, 0.6) is 5.75 Å². The van der Waals surface area contributed by atoms with Crippen LogP contribution in [0.3, 0.4) is 0 Å². The third kappa shape index (κ3) is 3.23. The Morgan fingerprint density at radius 2 is 1.63 bits per heavy atom. The van der Waals surface area contributed by atoms with E-state index in [0.717, 1.165) is 50.6 Å². The van der Waals surface area contributed by atoms with Gasteiger partial charge >= 0.3 is 0 Å². The van der Waals surface area contributed by atoms with Gasteiger partial charge in [-0.3, -0.25) is 0 Å². The number of hydrogen-bond acceptors (Lipinski definition) is 3. The fraction of sp³-hybridized carbons (Fsp3) is 0.133. The Morgan fingerprint density at radius 3 is 2.43 bits per heavy atom. The molecule has 0 spiro atoms. The van der Waals surface area contributed by atoms with E-state index in [1.807, 2.05) is 54.9 Å². The lowest BCUT2D eigenvalue weighted by atomic mass is 9.93. The summed E-state index contributed by atoms with van der Waals surface area (Å²) in [6, 6.07) is 30.3. The minimum Gasteiger partial charge on any atom is -0.507 e. The molecule has 1 aliphatic heterocycles. The van der Waals surface area contributed by atoms with E-state index in [2.05, 4.69) is 66.6 Å². The van der Waals surface area contributed by atoms with Crippen molar-refractivity contribution in [1.29, 1.82) is 0 Å². The van der Waals surface area contributed by atoms with Crippen LogP contribution in [0.1, 0.15) is 25.0 Å². The molecule has 1 aliphatic rings. The minimum atomic E-state index is -0.336. The number of benzene rings is 4. The SMILES string of the molecule is Cc1ccccc1N(C=Nc1cccc2c1nc1n2C(C)(C)c2cccc(O)c2-1)c1ccccc1. The Morgan fingerprint density at radius 1 is 0.886 bits per heavy atom. The molecule has 35 heavy (non-hydrogen) atoms. The summed E-state index contributed by atoms with van der Waals surface area (Å²) < 4.78 is 2.21. The first-order chi connectivity index (χ1) is 17.0. The van der Waals surface area contributed by atoms with Crippen molar-refractivity contribution in [3.8, 4) is 17.1 Å². The number of nitrogens with zero attached hydrogens (tertiary/aromatic N) is 4. The number of aryl methyl sites for hydroxylation is 1. The summed E-state index contributed by atoms with van der Waals surface area (Å²) in [6.45, 7) is 6.42. The molecule has 0 saturated heterocycles. The van der Waals surface area contributed by atoms with Gasteiger partial charge in [0.2, 0.25) is 0 Å². The van der Waals surface area contributed by atoms with Gasteiger partial charge in [-0.25, -0.2) is 9.98 Å². The van der Waals surface area contributed by atoms with Crippen molar-refractivity contribution in [2.75, 3.05) is 4.90 Å². The lowest BCUT2D eigenvalue weighted by Crippen LogP contribution is -2.23. The molecule has 0 saturated carbocycles. The molecule has 0 fully saturated rings. The zero-order valence-corrected chi connectivity index (χ0v) is 20.0. The fourth-order valence-corrected chi connectivity index (χ4v) is 5.14. The molecule has 6 rings (SSSR count). The molecule has 5 heteroatoms. The zero-order chi connectivity index (χ0) is 24.2. The number of aromatic nitrogens is 2. The van der Waals surface area contributed by atoms with E-state index < -0.39 is 0 Å². The van der Waals surface area contributed by atoms with E-state index in [1.165, 1.54) is 0 Å². The van der Waals surface area contributed by atoms with E-state index in [0.29, 0.717) is 0 Å². The predicted molar refractivity (Wildman–Crippen MR) is 143 cm³/mol. The number of rotatable bonds is 4. The number of anilines is 2. The Hall–Kier alpha value is -4.38. The van der Waals surface area contributed by atoms with E-state index in [9.17, 15) is 5.11 Å². The molecule has 0 radical (unpaired) electrons. The summed E-state index contributed by atoms with van der Waals surface area (Å²) in [5.74, 6) is 1.03.